The molecule has 0 fully saturated rings. The summed E-state index contributed by atoms with van der Waals surface area (Å²) >= 11 is 0. The summed E-state index contributed by atoms with van der Waals surface area (Å²) < 4.78 is 0. The zero-order valence-corrected chi connectivity index (χ0v) is 13.7. The second kappa shape index (κ2) is 9.90. The molecule has 0 aromatic heterocycles. The van der Waals surface area contributed by atoms with Crippen molar-refractivity contribution in [2.24, 2.45) is 0 Å². The van der Waals surface area contributed by atoms with Gasteiger partial charge >= 0.3 is 0 Å². The first-order valence-electron chi connectivity index (χ1n) is 8.52. The normalized spacial score (nSPS) is 14.7. The van der Waals surface area contributed by atoms with Gasteiger partial charge in [-0.2, -0.15) is 0 Å². The Labute approximate surface area is 125 Å². The van der Waals surface area contributed by atoms with Crippen LogP contribution in [-0.2, 0) is 4.84 Å². The van der Waals surface area contributed by atoms with Crippen molar-refractivity contribution in [3.05, 3.63) is 24.6 Å². The summed E-state index contributed by atoms with van der Waals surface area (Å²) in [5.74, 6) is 0. The topological polar surface area (TPSA) is 12.5 Å². The van der Waals surface area contributed by atoms with Crippen LogP contribution in [0.15, 0.2) is 24.6 Å². The molecule has 1 heterocycles. The molecule has 0 spiro atoms. The van der Waals surface area contributed by atoms with E-state index in [1.807, 2.05) is 6.08 Å². The molecule has 0 saturated heterocycles. The van der Waals surface area contributed by atoms with E-state index in [4.69, 9.17) is 4.84 Å². The first-order chi connectivity index (χ1) is 9.73. The molecule has 0 N–H and O–H groups in total. The second-order valence-electron chi connectivity index (χ2n) is 6.22. The van der Waals surface area contributed by atoms with Gasteiger partial charge in [0.2, 0.25) is 0 Å². The van der Waals surface area contributed by atoms with Crippen LogP contribution >= 0.6 is 0 Å². The first kappa shape index (κ1) is 17.1. The monoisotopic (exact) mass is 279 g/mol. The first-order valence-corrected chi connectivity index (χ1v) is 8.52. The lowest BCUT2D eigenvalue weighted by Crippen LogP contribution is -2.42. The number of hydrogen-bond donors (Lipinski definition) is 0. The van der Waals surface area contributed by atoms with E-state index >= 15 is 0 Å². The third kappa shape index (κ3) is 6.02. The number of hydroxylamine groups is 2. The van der Waals surface area contributed by atoms with Crippen LogP contribution in [0.3, 0.4) is 0 Å². The molecule has 0 atom stereocenters. The van der Waals surface area contributed by atoms with Crippen molar-refractivity contribution in [3.8, 4) is 0 Å². The highest BCUT2D eigenvalue weighted by Gasteiger charge is 2.30. The number of unbranched alkanes of at least 4 members (excludes halogenated alkanes) is 6. The van der Waals surface area contributed by atoms with Gasteiger partial charge in [0.15, 0.2) is 0 Å². The van der Waals surface area contributed by atoms with E-state index in [2.05, 4.69) is 38.1 Å². The van der Waals surface area contributed by atoms with Crippen molar-refractivity contribution in [2.45, 2.75) is 90.5 Å². The maximum absolute atomic E-state index is 5.72. The summed E-state index contributed by atoms with van der Waals surface area (Å²) in [6.45, 7) is 6.89. The van der Waals surface area contributed by atoms with Crippen molar-refractivity contribution in [3.63, 3.8) is 0 Å². The number of hydrogen-bond acceptors (Lipinski definition) is 2. The molecule has 0 amide bonds. The van der Waals surface area contributed by atoms with Crippen LogP contribution in [0.5, 0.6) is 0 Å². The fourth-order valence-corrected chi connectivity index (χ4v) is 2.83. The quantitative estimate of drug-likeness (QED) is 0.433. The molecule has 1 rings (SSSR count). The molecule has 0 saturated carbocycles. The molecule has 2 heteroatoms. The van der Waals surface area contributed by atoms with E-state index in [1.165, 1.54) is 64.2 Å². The van der Waals surface area contributed by atoms with Crippen LogP contribution < -0.4 is 0 Å². The fraction of sp³-hybridized carbons (Fsp3) is 0.778. The Morgan fingerprint density at radius 1 is 0.850 bits per heavy atom. The van der Waals surface area contributed by atoms with Gasteiger partial charge in [0.05, 0.1) is 5.54 Å². The number of allylic oxidation sites excluding steroid dienone is 2. The summed E-state index contributed by atoms with van der Waals surface area (Å²) in [6.07, 6.45) is 20.9. The van der Waals surface area contributed by atoms with Crippen LogP contribution in [0, 0.1) is 0 Å². The second-order valence-corrected chi connectivity index (χ2v) is 6.22. The van der Waals surface area contributed by atoms with Gasteiger partial charge in [0.25, 0.3) is 0 Å². The average Bonchev–Trinajstić information content (AvgIpc) is 2.49. The molecule has 2 nitrogen and oxygen atoms in total. The summed E-state index contributed by atoms with van der Waals surface area (Å²) in [5, 5.41) is 2.07. The Morgan fingerprint density at radius 2 is 1.45 bits per heavy atom. The lowest BCUT2D eigenvalue weighted by atomic mass is 9.87. The summed E-state index contributed by atoms with van der Waals surface area (Å²) in [4.78, 5) is 5.72. The van der Waals surface area contributed by atoms with Gasteiger partial charge in [0, 0.05) is 6.20 Å². The van der Waals surface area contributed by atoms with E-state index < -0.39 is 0 Å². The minimum absolute atomic E-state index is 0.142. The van der Waals surface area contributed by atoms with Gasteiger partial charge in [-0.25, -0.2) is 5.06 Å². The largest absolute Gasteiger partial charge is 0.387 e. The predicted octanol–water partition coefficient (Wildman–Crippen LogP) is 5.96. The van der Waals surface area contributed by atoms with Gasteiger partial charge in [-0.3, -0.25) is 0 Å². The standard InChI is InChI=1S/C18H33NO/c1-4-6-8-10-14-18(3,15-11-9-7-5-2)19-16-12-13-17-20-19/h12-13,16-17H,4-11,14-15H2,1-3H3. The van der Waals surface area contributed by atoms with E-state index in [1.54, 1.807) is 6.26 Å². The molecule has 1 aliphatic rings. The van der Waals surface area contributed by atoms with Crippen LogP contribution in [-0.4, -0.2) is 10.6 Å². The third-order valence-electron chi connectivity index (χ3n) is 4.26. The Kier molecular flexibility index (Phi) is 8.48. The Hall–Kier alpha value is -0.920. The van der Waals surface area contributed by atoms with E-state index in [0.717, 1.165) is 0 Å². The smallest absolute Gasteiger partial charge is 0.119 e. The van der Waals surface area contributed by atoms with Crippen LogP contribution in [0.4, 0.5) is 0 Å². The third-order valence-corrected chi connectivity index (χ3v) is 4.26. The minimum Gasteiger partial charge on any atom is -0.387 e. The molecule has 0 aliphatic carbocycles. The number of rotatable bonds is 11. The lowest BCUT2D eigenvalue weighted by molar-refractivity contribution is -0.143. The summed E-state index contributed by atoms with van der Waals surface area (Å²) in [7, 11) is 0. The van der Waals surface area contributed by atoms with Gasteiger partial charge < -0.3 is 4.84 Å². The molecule has 116 valence electrons. The Morgan fingerprint density at radius 3 is 1.90 bits per heavy atom. The fourth-order valence-electron chi connectivity index (χ4n) is 2.83. The maximum atomic E-state index is 5.72. The SMILES string of the molecule is CCCCCCC(C)(CCCCCC)N1C=CC=CO1. The molecule has 0 radical (unpaired) electrons. The Bertz CT molecular complexity index is 284. The lowest BCUT2D eigenvalue weighted by Gasteiger charge is -2.40. The molecule has 1 aliphatic heterocycles. The van der Waals surface area contributed by atoms with Crippen LogP contribution in [0.25, 0.3) is 0 Å². The number of nitrogens with zero attached hydrogens (tertiary/aromatic N) is 1. The van der Waals surface area contributed by atoms with Crippen molar-refractivity contribution < 1.29 is 4.84 Å². The van der Waals surface area contributed by atoms with Crippen molar-refractivity contribution in [1.82, 2.24) is 5.06 Å². The van der Waals surface area contributed by atoms with Gasteiger partial charge in [-0.15, -0.1) is 0 Å². The van der Waals surface area contributed by atoms with Gasteiger partial charge in [0.1, 0.15) is 6.26 Å². The van der Waals surface area contributed by atoms with Crippen LogP contribution in [0.2, 0.25) is 0 Å². The highest BCUT2D eigenvalue weighted by Crippen LogP contribution is 2.30. The molecular weight excluding hydrogens is 246 g/mol. The molecule has 0 bridgehead atoms. The minimum atomic E-state index is 0.142. The maximum Gasteiger partial charge on any atom is 0.119 e. The van der Waals surface area contributed by atoms with Crippen molar-refractivity contribution >= 4 is 0 Å². The molecule has 0 unspecified atom stereocenters. The van der Waals surface area contributed by atoms with Crippen molar-refractivity contribution in [2.75, 3.05) is 0 Å². The van der Waals surface area contributed by atoms with E-state index in [-0.39, 0.29) is 5.54 Å². The summed E-state index contributed by atoms with van der Waals surface area (Å²) in [6, 6.07) is 0. The van der Waals surface area contributed by atoms with E-state index in [9.17, 15) is 0 Å². The zero-order chi connectivity index (χ0) is 14.7. The summed E-state index contributed by atoms with van der Waals surface area (Å²) in [5.41, 5.74) is 0.142. The zero-order valence-electron chi connectivity index (χ0n) is 13.7. The molecule has 20 heavy (non-hydrogen) atoms. The predicted molar refractivity (Wildman–Crippen MR) is 87.1 cm³/mol. The van der Waals surface area contributed by atoms with E-state index in [0.29, 0.717) is 0 Å². The molecular formula is C18H33NO. The molecule has 0 aromatic rings. The van der Waals surface area contributed by atoms with Gasteiger partial charge in [-0.05, 0) is 31.9 Å². The van der Waals surface area contributed by atoms with Crippen LogP contribution in [0.1, 0.15) is 85.0 Å². The highest BCUT2D eigenvalue weighted by molar-refractivity contribution is 5.04. The molecule has 0 aromatic carbocycles. The highest BCUT2D eigenvalue weighted by atomic mass is 16.7. The Balaban J connectivity index is 2.47. The van der Waals surface area contributed by atoms with Gasteiger partial charge in [-0.1, -0.05) is 65.2 Å². The average molecular weight is 279 g/mol. The van der Waals surface area contributed by atoms with Crippen molar-refractivity contribution in [1.29, 1.82) is 0 Å².